The summed E-state index contributed by atoms with van der Waals surface area (Å²) < 4.78 is 7.26. The van der Waals surface area contributed by atoms with Crippen molar-refractivity contribution in [3.63, 3.8) is 0 Å². The van der Waals surface area contributed by atoms with E-state index in [-0.39, 0.29) is 5.91 Å². The zero-order valence-electron chi connectivity index (χ0n) is 11.3. The van der Waals surface area contributed by atoms with E-state index in [0.717, 1.165) is 16.9 Å². The zero-order chi connectivity index (χ0) is 14.5. The molecule has 3 N–H and O–H groups in total. The molecule has 0 bridgehead atoms. The zero-order valence-corrected chi connectivity index (χ0v) is 11.3. The standard InChI is InChI=1S/C14H16N4O2/c1-10-8-18(9-16-10)12-5-3-11(7-13(12)20-2)4-6-14(19)17-15/h3-9H,15H2,1-2H3,(H,17,19). The summed E-state index contributed by atoms with van der Waals surface area (Å²) in [5, 5.41) is 0. The van der Waals surface area contributed by atoms with Crippen molar-refractivity contribution in [1.82, 2.24) is 15.0 Å². The maximum Gasteiger partial charge on any atom is 0.257 e. The van der Waals surface area contributed by atoms with Crippen LogP contribution >= 0.6 is 0 Å². The molecule has 1 amide bonds. The molecule has 0 aliphatic rings. The van der Waals surface area contributed by atoms with E-state index in [2.05, 4.69) is 4.98 Å². The summed E-state index contributed by atoms with van der Waals surface area (Å²) in [6.45, 7) is 1.92. The van der Waals surface area contributed by atoms with Crippen LogP contribution in [0.3, 0.4) is 0 Å². The van der Waals surface area contributed by atoms with Gasteiger partial charge in [-0.3, -0.25) is 10.2 Å². The second kappa shape index (κ2) is 6.03. The van der Waals surface area contributed by atoms with Crippen molar-refractivity contribution in [2.24, 2.45) is 5.84 Å². The smallest absolute Gasteiger partial charge is 0.257 e. The van der Waals surface area contributed by atoms with E-state index in [1.807, 2.05) is 41.3 Å². The van der Waals surface area contributed by atoms with Gasteiger partial charge in [0.1, 0.15) is 5.75 Å². The Kier molecular flexibility index (Phi) is 4.17. The van der Waals surface area contributed by atoms with Gasteiger partial charge in [-0.1, -0.05) is 6.07 Å². The minimum Gasteiger partial charge on any atom is -0.495 e. The minimum absolute atomic E-state index is 0.363. The number of carbonyl (C=O) groups is 1. The maximum absolute atomic E-state index is 11.1. The van der Waals surface area contributed by atoms with Gasteiger partial charge in [0.25, 0.3) is 5.91 Å². The molecule has 0 saturated heterocycles. The van der Waals surface area contributed by atoms with Crippen LogP contribution in [0.2, 0.25) is 0 Å². The highest BCUT2D eigenvalue weighted by Gasteiger charge is 2.06. The van der Waals surface area contributed by atoms with Crippen LogP contribution in [-0.2, 0) is 4.79 Å². The van der Waals surface area contributed by atoms with Crippen molar-refractivity contribution < 1.29 is 9.53 Å². The van der Waals surface area contributed by atoms with Crippen LogP contribution in [0.1, 0.15) is 11.3 Å². The van der Waals surface area contributed by atoms with Crippen molar-refractivity contribution in [2.75, 3.05) is 7.11 Å². The van der Waals surface area contributed by atoms with E-state index in [4.69, 9.17) is 10.6 Å². The van der Waals surface area contributed by atoms with Gasteiger partial charge < -0.3 is 9.30 Å². The Morgan fingerprint density at radius 3 is 2.90 bits per heavy atom. The van der Waals surface area contributed by atoms with Crippen molar-refractivity contribution in [3.05, 3.63) is 48.1 Å². The lowest BCUT2D eigenvalue weighted by Gasteiger charge is -2.09. The lowest BCUT2D eigenvalue weighted by molar-refractivity contribution is -0.116. The first-order valence-electron chi connectivity index (χ1n) is 6.01. The van der Waals surface area contributed by atoms with Crippen LogP contribution in [0.4, 0.5) is 0 Å². The number of methoxy groups -OCH3 is 1. The molecular formula is C14H16N4O2. The first kappa shape index (κ1) is 13.8. The summed E-state index contributed by atoms with van der Waals surface area (Å²) in [7, 11) is 1.60. The van der Waals surface area contributed by atoms with Crippen molar-refractivity contribution in [3.8, 4) is 11.4 Å². The molecule has 1 heterocycles. The molecule has 1 aromatic carbocycles. The number of ether oxygens (including phenoxy) is 1. The van der Waals surface area contributed by atoms with Gasteiger partial charge in [0.05, 0.1) is 24.8 Å². The molecule has 2 aromatic rings. The molecular weight excluding hydrogens is 256 g/mol. The van der Waals surface area contributed by atoms with Gasteiger partial charge in [0, 0.05) is 12.3 Å². The summed E-state index contributed by atoms with van der Waals surface area (Å²) in [5.41, 5.74) is 4.68. The fourth-order valence-corrected chi connectivity index (χ4v) is 1.78. The quantitative estimate of drug-likeness (QED) is 0.379. The second-order valence-corrected chi connectivity index (χ2v) is 4.20. The van der Waals surface area contributed by atoms with Gasteiger partial charge in [0.15, 0.2) is 0 Å². The molecule has 2 rings (SSSR count). The fourth-order valence-electron chi connectivity index (χ4n) is 1.78. The minimum atomic E-state index is -0.363. The predicted molar refractivity (Wildman–Crippen MR) is 76.2 cm³/mol. The van der Waals surface area contributed by atoms with Gasteiger partial charge in [-0.2, -0.15) is 0 Å². The Bertz CT molecular complexity index is 646. The summed E-state index contributed by atoms with van der Waals surface area (Å²) in [5.74, 6) is 5.34. The van der Waals surface area contributed by atoms with E-state index in [9.17, 15) is 4.79 Å². The molecule has 6 heteroatoms. The molecule has 0 spiro atoms. The number of imidazole rings is 1. The Labute approximate surface area is 116 Å². The summed E-state index contributed by atoms with van der Waals surface area (Å²) >= 11 is 0. The van der Waals surface area contributed by atoms with Crippen LogP contribution < -0.4 is 16.0 Å². The number of benzene rings is 1. The Balaban J connectivity index is 2.33. The number of hydrazine groups is 1. The highest BCUT2D eigenvalue weighted by Crippen LogP contribution is 2.25. The molecule has 20 heavy (non-hydrogen) atoms. The highest BCUT2D eigenvalue weighted by atomic mass is 16.5. The van der Waals surface area contributed by atoms with Gasteiger partial charge in [-0.05, 0) is 30.7 Å². The molecule has 0 saturated carbocycles. The van der Waals surface area contributed by atoms with Crippen LogP contribution in [-0.4, -0.2) is 22.6 Å². The molecule has 0 unspecified atom stereocenters. The Morgan fingerprint density at radius 2 is 2.30 bits per heavy atom. The number of carbonyl (C=O) groups excluding carboxylic acids is 1. The molecule has 6 nitrogen and oxygen atoms in total. The first-order valence-corrected chi connectivity index (χ1v) is 6.01. The molecule has 0 fully saturated rings. The highest BCUT2D eigenvalue weighted by molar-refractivity contribution is 5.91. The van der Waals surface area contributed by atoms with Crippen LogP contribution in [0.25, 0.3) is 11.8 Å². The van der Waals surface area contributed by atoms with E-state index in [1.54, 1.807) is 19.5 Å². The second-order valence-electron chi connectivity index (χ2n) is 4.20. The molecule has 1 aromatic heterocycles. The van der Waals surface area contributed by atoms with E-state index >= 15 is 0 Å². The van der Waals surface area contributed by atoms with Gasteiger partial charge in [-0.15, -0.1) is 0 Å². The summed E-state index contributed by atoms with van der Waals surface area (Å²) in [6, 6.07) is 5.62. The number of aromatic nitrogens is 2. The van der Waals surface area contributed by atoms with Gasteiger partial charge in [0.2, 0.25) is 0 Å². The van der Waals surface area contributed by atoms with Crippen LogP contribution in [0.15, 0.2) is 36.8 Å². The fraction of sp³-hybridized carbons (Fsp3) is 0.143. The normalized spacial score (nSPS) is 10.8. The number of rotatable bonds is 4. The third-order valence-electron chi connectivity index (χ3n) is 2.76. The third kappa shape index (κ3) is 3.04. The van der Waals surface area contributed by atoms with Crippen LogP contribution in [0, 0.1) is 6.92 Å². The number of amides is 1. The average molecular weight is 272 g/mol. The number of nitrogens with two attached hydrogens (primary N) is 1. The maximum atomic E-state index is 11.1. The largest absolute Gasteiger partial charge is 0.495 e. The lowest BCUT2D eigenvalue weighted by Crippen LogP contribution is -2.27. The topological polar surface area (TPSA) is 82.2 Å². The molecule has 0 aliphatic heterocycles. The summed E-state index contributed by atoms with van der Waals surface area (Å²) in [6.07, 6.45) is 6.66. The molecule has 0 atom stereocenters. The number of nitrogens with one attached hydrogen (secondary N) is 1. The third-order valence-corrected chi connectivity index (χ3v) is 2.76. The molecule has 0 radical (unpaired) electrons. The monoisotopic (exact) mass is 272 g/mol. The Hall–Kier alpha value is -2.60. The Morgan fingerprint density at radius 1 is 1.50 bits per heavy atom. The lowest BCUT2D eigenvalue weighted by atomic mass is 10.1. The van der Waals surface area contributed by atoms with Crippen LogP contribution in [0.5, 0.6) is 5.75 Å². The average Bonchev–Trinajstić information content (AvgIpc) is 2.90. The molecule has 104 valence electrons. The molecule has 0 aliphatic carbocycles. The summed E-state index contributed by atoms with van der Waals surface area (Å²) in [4.78, 5) is 15.3. The number of hydrogen-bond donors (Lipinski definition) is 2. The van der Waals surface area contributed by atoms with E-state index in [1.165, 1.54) is 6.08 Å². The van der Waals surface area contributed by atoms with E-state index < -0.39 is 0 Å². The number of hydrogen-bond acceptors (Lipinski definition) is 4. The van der Waals surface area contributed by atoms with Crippen molar-refractivity contribution >= 4 is 12.0 Å². The van der Waals surface area contributed by atoms with Gasteiger partial charge in [-0.25, -0.2) is 10.8 Å². The number of nitrogens with zero attached hydrogens (tertiary/aromatic N) is 2. The first-order chi connectivity index (χ1) is 9.63. The van der Waals surface area contributed by atoms with Gasteiger partial charge >= 0.3 is 0 Å². The van der Waals surface area contributed by atoms with Crippen molar-refractivity contribution in [2.45, 2.75) is 6.92 Å². The predicted octanol–water partition coefficient (Wildman–Crippen LogP) is 1.19. The van der Waals surface area contributed by atoms with E-state index in [0.29, 0.717) is 5.75 Å². The number of aryl methyl sites for hydroxylation is 1. The SMILES string of the molecule is COc1cc(C=CC(=O)NN)ccc1-n1cnc(C)c1. The van der Waals surface area contributed by atoms with Crippen molar-refractivity contribution in [1.29, 1.82) is 0 Å².